The highest BCUT2D eigenvalue weighted by molar-refractivity contribution is 6.01. The molecule has 0 aromatic heterocycles. The van der Waals surface area contributed by atoms with Crippen LogP contribution >= 0.6 is 0 Å². The van der Waals surface area contributed by atoms with Crippen LogP contribution in [0, 0.1) is 5.82 Å². The van der Waals surface area contributed by atoms with Crippen LogP contribution in [-0.4, -0.2) is 32.5 Å². The second kappa shape index (κ2) is 10.4. The summed E-state index contributed by atoms with van der Waals surface area (Å²) in [6.45, 7) is 1.64. The van der Waals surface area contributed by atoms with Gasteiger partial charge < -0.3 is 15.1 Å². The van der Waals surface area contributed by atoms with Crippen molar-refractivity contribution in [3.8, 4) is 11.1 Å². The van der Waals surface area contributed by atoms with Crippen LogP contribution in [0.1, 0.15) is 83.7 Å². The maximum Gasteiger partial charge on any atom is 0.419 e. The molecule has 0 radical (unpaired) electrons. The standard InChI is InChI=1S/C31H29F4NO4/c1-2-26(37)21-8-4-3-7-20(21)19-10-11-22-23(16-19)27(29(39)40)30(13-5-6-14-30)36(28(22)38)17-18-9-12-24(25(32)15-18)31(33,34)35/h3-4,7-12,15-16,26-27,37H,2,5-6,13-14,17H2,1H3,(H,39,40). The number of carbonyl (C=O) groups is 2. The summed E-state index contributed by atoms with van der Waals surface area (Å²) < 4.78 is 53.7. The molecule has 1 spiro atoms. The third kappa shape index (κ3) is 4.66. The average Bonchev–Trinajstić information content (AvgIpc) is 3.39. The Morgan fingerprint density at radius 1 is 1.05 bits per heavy atom. The predicted octanol–water partition coefficient (Wildman–Crippen LogP) is 7.09. The molecule has 5 nitrogen and oxygen atoms in total. The summed E-state index contributed by atoms with van der Waals surface area (Å²) in [5.41, 5.74) is 0.300. The zero-order chi connectivity index (χ0) is 28.8. The average molecular weight is 556 g/mol. The molecule has 1 amide bonds. The van der Waals surface area contributed by atoms with Gasteiger partial charge in [-0.1, -0.05) is 56.2 Å². The minimum atomic E-state index is -4.85. The number of carbonyl (C=O) groups excluding carboxylic acids is 1. The van der Waals surface area contributed by atoms with Crippen molar-refractivity contribution in [3.05, 3.63) is 94.3 Å². The van der Waals surface area contributed by atoms with E-state index in [4.69, 9.17) is 0 Å². The van der Waals surface area contributed by atoms with E-state index in [1.807, 2.05) is 31.2 Å². The van der Waals surface area contributed by atoms with Crippen LogP contribution in [0.2, 0.25) is 0 Å². The molecule has 210 valence electrons. The second-order valence-corrected chi connectivity index (χ2v) is 10.6. The van der Waals surface area contributed by atoms with Crippen LogP contribution in [0.5, 0.6) is 0 Å². The summed E-state index contributed by atoms with van der Waals surface area (Å²) in [5.74, 6) is -4.09. The molecule has 40 heavy (non-hydrogen) atoms. The molecule has 2 unspecified atom stereocenters. The highest BCUT2D eigenvalue weighted by Gasteiger charge is 2.56. The van der Waals surface area contributed by atoms with Gasteiger partial charge in [0.1, 0.15) is 11.7 Å². The maximum absolute atomic E-state index is 14.4. The smallest absolute Gasteiger partial charge is 0.419 e. The van der Waals surface area contributed by atoms with E-state index in [-0.39, 0.29) is 17.7 Å². The number of rotatable bonds is 6. The first-order valence-electron chi connectivity index (χ1n) is 13.3. The van der Waals surface area contributed by atoms with Crippen LogP contribution in [0.4, 0.5) is 17.6 Å². The van der Waals surface area contributed by atoms with Crippen LogP contribution in [0.15, 0.2) is 60.7 Å². The molecule has 5 rings (SSSR count). The molecule has 1 heterocycles. The van der Waals surface area contributed by atoms with Gasteiger partial charge in [0.2, 0.25) is 0 Å². The molecule has 2 N–H and O–H groups in total. The monoisotopic (exact) mass is 555 g/mol. The van der Waals surface area contributed by atoms with Gasteiger partial charge in [-0.25, -0.2) is 4.39 Å². The molecule has 2 atom stereocenters. The number of hydrogen-bond acceptors (Lipinski definition) is 3. The molecule has 1 aliphatic heterocycles. The molecule has 2 aliphatic rings. The van der Waals surface area contributed by atoms with Crippen LogP contribution in [0.25, 0.3) is 11.1 Å². The Morgan fingerprint density at radius 2 is 1.75 bits per heavy atom. The number of nitrogens with zero attached hydrogens (tertiary/aromatic N) is 1. The highest BCUT2D eigenvalue weighted by atomic mass is 19.4. The predicted molar refractivity (Wildman–Crippen MR) is 140 cm³/mol. The van der Waals surface area contributed by atoms with E-state index in [1.54, 1.807) is 18.2 Å². The third-order valence-corrected chi connectivity index (χ3v) is 8.33. The quantitative estimate of drug-likeness (QED) is 0.318. The lowest BCUT2D eigenvalue weighted by Gasteiger charge is -2.49. The first-order chi connectivity index (χ1) is 19.0. The Bertz CT molecular complexity index is 1460. The summed E-state index contributed by atoms with van der Waals surface area (Å²) in [6, 6.07) is 14.8. The van der Waals surface area contributed by atoms with Gasteiger partial charge in [-0.15, -0.1) is 0 Å². The summed E-state index contributed by atoms with van der Waals surface area (Å²) >= 11 is 0. The van der Waals surface area contributed by atoms with E-state index in [0.29, 0.717) is 54.9 Å². The fourth-order valence-corrected chi connectivity index (χ4v) is 6.43. The number of fused-ring (bicyclic) bond motifs is 1. The fraction of sp³-hybridized carbons (Fsp3) is 0.355. The maximum atomic E-state index is 14.4. The van der Waals surface area contributed by atoms with Gasteiger partial charge in [0.05, 0.1) is 17.2 Å². The van der Waals surface area contributed by atoms with Gasteiger partial charge in [0, 0.05) is 12.1 Å². The van der Waals surface area contributed by atoms with Gasteiger partial charge >= 0.3 is 12.1 Å². The number of aliphatic carboxylic acids is 1. The summed E-state index contributed by atoms with van der Waals surface area (Å²) in [4.78, 5) is 28.3. The molecule has 1 saturated carbocycles. The SMILES string of the molecule is CCC(O)c1ccccc1-c1ccc2c(c1)C(C(=O)O)C1(CCCC1)N(Cc1ccc(C(F)(F)F)c(F)c1)C2=O. The molecule has 0 saturated heterocycles. The van der Waals surface area contributed by atoms with Crippen molar-refractivity contribution in [3.63, 3.8) is 0 Å². The van der Waals surface area contributed by atoms with Crippen molar-refractivity contribution >= 4 is 11.9 Å². The van der Waals surface area contributed by atoms with Gasteiger partial charge in [-0.2, -0.15) is 13.2 Å². The minimum absolute atomic E-state index is 0.150. The van der Waals surface area contributed by atoms with E-state index >= 15 is 0 Å². The van der Waals surface area contributed by atoms with E-state index < -0.39 is 47.0 Å². The molecule has 3 aromatic carbocycles. The first kappa shape index (κ1) is 27.8. The van der Waals surface area contributed by atoms with E-state index in [9.17, 15) is 37.4 Å². The van der Waals surface area contributed by atoms with Gasteiger partial charge in [0.25, 0.3) is 5.91 Å². The number of aliphatic hydroxyl groups is 1. The first-order valence-corrected chi connectivity index (χ1v) is 13.3. The van der Waals surface area contributed by atoms with E-state index in [1.165, 1.54) is 4.90 Å². The van der Waals surface area contributed by atoms with Crippen LogP contribution < -0.4 is 0 Å². The molecule has 9 heteroatoms. The molecule has 3 aromatic rings. The third-order valence-electron chi connectivity index (χ3n) is 8.33. The Morgan fingerprint density at radius 3 is 2.38 bits per heavy atom. The number of alkyl halides is 3. The lowest BCUT2D eigenvalue weighted by Crippen LogP contribution is -2.58. The number of hydrogen-bond donors (Lipinski definition) is 2. The Balaban J connectivity index is 1.62. The zero-order valence-corrected chi connectivity index (χ0v) is 21.8. The number of halogens is 4. The Labute approximate surface area is 229 Å². The lowest BCUT2D eigenvalue weighted by atomic mass is 9.70. The van der Waals surface area contributed by atoms with Crippen molar-refractivity contribution in [1.82, 2.24) is 4.90 Å². The largest absolute Gasteiger partial charge is 0.481 e. The summed E-state index contributed by atoms with van der Waals surface area (Å²) in [6.07, 6.45) is -2.94. The zero-order valence-electron chi connectivity index (χ0n) is 21.8. The number of amides is 1. The van der Waals surface area contributed by atoms with Crippen molar-refractivity contribution in [2.45, 2.75) is 69.3 Å². The van der Waals surface area contributed by atoms with Gasteiger partial charge in [-0.3, -0.25) is 9.59 Å². The van der Waals surface area contributed by atoms with Crippen molar-refractivity contribution in [2.24, 2.45) is 0 Å². The van der Waals surface area contributed by atoms with Crippen LogP contribution in [-0.2, 0) is 17.5 Å². The number of aliphatic hydroxyl groups excluding tert-OH is 1. The van der Waals surface area contributed by atoms with E-state index in [2.05, 4.69) is 0 Å². The minimum Gasteiger partial charge on any atom is -0.481 e. The van der Waals surface area contributed by atoms with Crippen LogP contribution in [0.3, 0.4) is 0 Å². The number of carboxylic acid groups (broad SMARTS) is 1. The van der Waals surface area contributed by atoms with Gasteiger partial charge in [-0.05, 0) is 71.3 Å². The van der Waals surface area contributed by atoms with Crippen molar-refractivity contribution in [1.29, 1.82) is 0 Å². The lowest BCUT2D eigenvalue weighted by molar-refractivity contribution is -0.143. The fourth-order valence-electron chi connectivity index (χ4n) is 6.43. The Kier molecular flexibility index (Phi) is 7.20. The van der Waals surface area contributed by atoms with Gasteiger partial charge in [0.15, 0.2) is 0 Å². The second-order valence-electron chi connectivity index (χ2n) is 10.6. The molecule has 0 bridgehead atoms. The highest BCUT2D eigenvalue weighted by Crippen LogP contribution is 2.51. The van der Waals surface area contributed by atoms with E-state index in [0.717, 1.165) is 17.7 Å². The molecule has 1 aliphatic carbocycles. The van der Waals surface area contributed by atoms with Crippen molar-refractivity contribution < 1.29 is 37.4 Å². The molecular formula is C31H29F4NO4. The normalized spacial score (nSPS) is 19.1. The molecule has 1 fully saturated rings. The summed E-state index contributed by atoms with van der Waals surface area (Å²) in [7, 11) is 0. The molecular weight excluding hydrogens is 526 g/mol. The number of carboxylic acids is 1. The number of benzene rings is 3. The van der Waals surface area contributed by atoms with Crippen molar-refractivity contribution in [2.75, 3.05) is 0 Å². The summed E-state index contributed by atoms with van der Waals surface area (Å²) in [5, 5.41) is 21.1. The Hall–Kier alpha value is -3.72. The topological polar surface area (TPSA) is 77.8 Å².